The van der Waals surface area contributed by atoms with Crippen molar-refractivity contribution in [2.45, 2.75) is 18.9 Å². The van der Waals surface area contributed by atoms with Crippen LogP contribution < -0.4 is 15.0 Å². The number of anilines is 2. The Balaban J connectivity index is 1.38. The molecule has 2 aromatic rings. The number of hydrogen-bond acceptors (Lipinski definition) is 5. The highest BCUT2D eigenvalue weighted by Gasteiger charge is 2.37. The highest BCUT2D eigenvalue weighted by atomic mass is 32.2. The number of nitrogens with zero attached hydrogens (tertiary/aromatic N) is 2. The first kappa shape index (κ1) is 20.0. The molecule has 1 N–H and O–H groups in total. The summed E-state index contributed by atoms with van der Waals surface area (Å²) in [4.78, 5) is 40.0. The van der Waals surface area contributed by atoms with Crippen molar-refractivity contribution in [2.24, 2.45) is 0 Å². The fourth-order valence-corrected chi connectivity index (χ4v) is 4.09. The molecule has 7 nitrogen and oxygen atoms in total. The van der Waals surface area contributed by atoms with Crippen molar-refractivity contribution in [3.8, 4) is 5.75 Å². The van der Waals surface area contributed by atoms with Crippen LogP contribution in [0.3, 0.4) is 0 Å². The van der Waals surface area contributed by atoms with E-state index in [1.807, 2.05) is 30.3 Å². The van der Waals surface area contributed by atoms with Crippen molar-refractivity contribution >= 4 is 40.3 Å². The van der Waals surface area contributed by atoms with Crippen LogP contribution in [0.5, 0.6) is 5.75 Å². The molecule has 2 saturated heterocycles. The molecule has 0 radical (unpaired) electrons. The second kappa shape index (κ2) is 8.62. The molecule has 2 fully saturated rings. The Morgan fingerprint density at radius 3 is 2.37 bits per heavy atom. The van der Waals surface area contributed by atoms with Crippen LogP contribution in [0.4, 0.5) is 21.0 Å². The Labute approximate surface area is 178 Å². The van der Waals surface area contributed by atoms with Crippen LogP contribution in [-0.4, -0.2) is 41.3 Å². The summed E-state index contributed by atoms with van der Waals surface area (Å²) in [5.41, 5.74) is 1.18. The quantitative estimate of drug-likeness (QED) is 0.734. The van der Waals surface area contributed by atoms with Gasteiger partial charge in [0.25, 0.3) is 11.1 Å². The molecule has 0 aliphatic carbocycles. The number of urea groups is 1. The van der Waals surface area contributed by atoms with Gasteiger partial charge in [0.15, 0.2) is 0 Å². The summed E-state index contributed by atoms with van der Waals surface area (Å²) in [7, 11) is 0. The molecule has 0 bridgehead atoms. The summed E-state index contributed by atoms with van der Waals surface area (Å²) in [6, 6.07) is 16.2. The lowest BCUT2D eigenvalue weighted by Crippen LogP contribution is -2.43. The van der Waals surface area contributed by atoms with E-state index in [1.165, 1.54) is 0 Å². The van der Waals surface area contributed by atoms with Gasteiger partial charge >= 0.3 is 6.03 Å². The van der Waals surface area contributed by atoms with E-state index in [0.717, 1.165) is 22.3 Å². The van der Waals surface area contributed by atoms with Gasteiger partial charge in [-0.15, -0.1) is 0 Å². The van der Waals surface area contributed by atoms with Crippen LogP contribution in [0.2, 0.25) is 0 Å². The summed E-state index contributed by atoms with van der Waals surface area (Å²) >= 11 is 0.827. The minimum absolute atomic E-state index is 0.115. The smallest absolute Gasteiger partial charge is 0.321 e. The first-order chi connectivity index (χ1) is 14.5. The number of benzene rings is 2. The van der Waals surface area contributed by atoms with Gasteiger partial charge in [-0.1, -0.05) is 36.9 Å². The summed E-state index contributed by atoms with van der Waals surface area (Å²) in [6.45, 7) is 4.74. The monoisotopic (exact) mass is 423 g/mol. The van der Waals surface area contributed by atoms with Crippen LogP contribution >= 0.6 is 11.8 Å². The van der Waals surface area contributed by atoms with Crippen molar-refractivity contribution in [3.05, 3.63) is 66.1 Å². The number of carbonyl (C=O) groups excluding carboxylic acids is 3. The highest BCUT2D eigenvalue weighted by Crippen LogP contribution is 2.38. The number of thioether (sulfide) groups is 1. The fraction of sp³-hybridized carbons (Fsp3) is 0.227. The minimum Gasteiger partial charge on any atom is -0.488 e. The average molecular weight is 423 g/mol. The second-order valence-electron chi connectivity index (χ2n) is 7.00. The predicted octanol–water partition coefficient (Wildman–Crippen LogP) is 4.48. The lowest BCUT2D eigenvalue weighted by Gasteiger charge is -2.32. The molecule has 154 valence electrons. The van der Waals surface area contributed by atoms with Crippen molar-refractivity contribution in [1.82, 2.24) is 4.90 Å². The van der Waals surface area contributed by atoms with Crippen molar-refractivity contribution in [2.75, 3.05) is 23.3 Å². The van der Waals surface area contributed by atoms with Gasteiger partial charge in [-0.25, -0.2) is 9.69 Å². The summed E-state index contributed by atoms with van der Waals surface area (Å²) in [6.07, 6.45) is 1.19. The maximum atomic E-state index is 12.4. The van der Waals surface area contributed by atoms with E-state index in [4.69, 9.17) is 4.74 Å². The molecule has 0 aromatic heterocycles. The molecule has 8 heteroatoms. The first-order valence-electron chi connectivity index (χ1n) is 9.65. The standard InChI is InChI=1S/C22H21N3O4S/c1-15-20(26)25(22(28)30-15)18-9-5-6-10-19(18)29-17-11-13-24(14-12-17)21(27)23-16-7-3-2-4-8-16/h2-10,17H,1,11-14H2,(H,23,27). The molecule has 2 aliphatic rings. The third-order valence-electron chi connectivity index (χ3n) is 4.99. The maximum Gasteiger partial charge on any atom is 0.321 e. The zero-order valence-corrected chi connectivity index (χ0v) is 17.1. The van der Waals surface area contributed by atoms with E-state index < -0.39 is 5.91 Å². The van der Waals surface area contributed by atoms with E-state index >= 15 is 0 Å². The SMILES string of the molecule is C=C1SC(=O)N(c2ccccc2OC2CCN(C(=O)Nc3ccccc3)CC2)C1=O. The Morgan fingerprint density at radius 1 is 1.03 bits per heavy atom. The van der Waals surface area contributed by atoms with E-state index in [9.17, 15) is 14.4 Å². The van der Waals surface area contributed by atoms with Crippen molar-refractivity contribution in [1.29, 1.82) is 0 Å². The largest absolute Gasteiger partial charge is 0.488 e. The van der Waals surface area contributed by atoms with Crippen molar-refractivity contribution < 1.29 is 19.1 Å². The van der Waals surface area contributed by atoms with Crippen LogP contribution in [-0.2, 0) is 4.79 Å². The van der Waals surface area contributed by atoms with Crippen LogP contribution in [0.15, 0.2) is 66.1 Å². The Morgan fingerprint density at radius 2 is 1.70 bits per heavy atom. The molecule has 0 spiro atoms. The number of piperidine rings is 1. The summed E-state index contributed by atoms with van der Waals surface area (Å²) < 4.78 is 6.13. The average Bonchev–Trinajstić information content (AvgIpc) is 3.01. The Hall–Kier alpha value is -3.26. The number of hydrogen-bond donors (Lipinski definition) is 1. The topological polar surface area (TPSA) is 79.0 Å². The van der Waals surface area contributed by atoms with Crippen molar-refractivity contribution in [3.63, 3.8) is 0 Å². The second-order valence-corrected chi connectivity index (χ2v) is 8.05. The Bertz CT molecular complexity index is 987. The molecular formula is C22H21N3O4S. The molecule has 0 saturated carbocycles. The third kappa shape index (κ3) is 4.18. The lowest BCUT2D eigenvalue weighted by molar-refractivity contribution is -0.113. The van der Waals surface area contributed by atoms with Crippen LogP contribution in [0.25, 0.3) is 0 Å². The van der Waals surface area contributed by atoms with Crippen LogP contribution in [0, 0.1) is 0 Å². The maximum absolute atomic E-state index is 12.4. The van der Waals surface area contributed by atoms with Gasteiger partial charge in [-0.2, -0.15) is 0 Å². The number of imide groups is 1. The van der Waals surface area contributed by atoms with E-state index in [-0.39, 0.29) is 22.3 Å². The van der Waals surface area contributed by atoms with E-state index in [0.29, 0.717) is 37.4 Å². The number of nitrogens with one attached hydrogen (secondary N) is 1. The van der Waals surface area contributed by atoms with Gasteiger partial charge in [-0.3, -0.25) is 9.59 Å². The molecule has 4 amide bonds. The molecule has 30 heavy (non-hydrogen) atoms. The van der Waals surface area contributed by atoms with Gasteiger partial charge in [0.05, 0.1) is 10.6 Å². The van der Waals surface area contributed by atoms with Gasteiger partial charge in [0.2, 0.25) is 0 Å². The summed E-state index contributed by atoms with van der Waals surface area (Å²) in [5, 5.41) is 2.51. The molecule has 0 unspecified atom stereocenters. The number of rotatable bonds is 4. The Kier molecular flexibility index (Phi) is 5.76. The molecule has 0 atom stereocenters. The van der Waals surface area contributed by atoms with Gasteiger partial charge in [0.1, 0.15) is 11.9 Å². The van der Waals surface area contributed by atoms with Crippen LogP contribution in [0.1, 0.15) is 12.8 Å². The zero-order chi connectivity index (χ0) is 21.1. The molecule has 2 aliphatic heterocycles. The number of para-hydroxylation sites is 3. The zero-order valence-electron chi connectivity index (χ0n) is 16.2. The number of ether oxygens (including phenoxy) is 1. The predicted molar refractivity (Wildman–Crippen MR) is 117 cm³/mol. The molecule has 2 heterocycles. The molecular weight excluding hydrogens is 402 g/mol. The molecule has 2 aromatic carbocycles. The van der Waals surface area contributed by atoms with E-state index in [2.05, 4.69) is 11.9 Å². The normalized spacial score (nSPS) is 17.4. The first-order valence-corrected chi connectivity index (χ1v) is 10.5. The summed E-state index contributed by atoms with van der Waals surface area (Å²) in [5.74, 6) is 0.0511. The van der Waals surface area contributed by atoms with Gasteiger partial charge in [0, 0.05) is 31.6 Å². The number of amides is 4. The third-order valence-corrected chi connectivity index (χ3v) is 5.77. The highest BCUT2D eigenvalue weighted by molar-refractivity contribution is 8.18. The number of carbonyl (C=O) groups is 3. The fourth-order valence-electron chi connectivity index (χ4n) is 3.43. The lowest BCUT2D eigenvalue weighted by atomic mass is 10.1. The molecule has 4 rings (SSSR count). The number of likely N-dealkylation sites (tertiary alicyclic amines) is 1. The van der Waals surface area contributed by atoms with Gasteiger partial charge < -0.3 is 15.0 Å². The van der Waals surface area contributed by atoms with E-state index in [1.54, 1.807) is 29.2 Å². The van der Waals surface area contributed by atoms with Gasteiger partial charge in [-0.05, 0) is 36.0 Å². The minimum atomic E-state index is -0.423.